The molecule has 0 aliphatic heterocycles. The largest absolute Gasteiger partial charge is 0.489 e. The second-order valence-corrected chi connectivity index (χ2v) is 7.18. The van der Waals surface area contributed by atoms with Crippen molar-refractivity contribution in [2.45, 2.75) is 36.7 Å². The van der Waals surface area contributed by atoms with Crippen LogP contribution in [0.4, 0.5) is 0 Å². The molecule has 1 aromatic carbocycles. The van der Waals surface area contributed by atoms with Crippen molar-refractivity contribution in [1.82, 2.24) is 5.32 Å². The Kier molecular flexibility index (Phi) is 6.96. The Balaban J connectivity index is 1.73. The standard InChI is InChI=1S/C15H21Cl2NO2S/c1-21-15-4-2-3-13(15)18-8-11(19)9-20-14-6-5-10(16)7-12(14)17/h5-7,11,13,15,18-19H,2-4,8-9H2,1H3. The van der Waals surface area contributed by atoms with Crippen LogP contribution in [0.2, 0.25) is 10.0 Å². The van der Waals surface area contributed by atoms with E-state index in [0.29, 0.717) is 33.6 Å². The monoisotopic (exact) mass is 349 g/mol. The van der Waals surface area contributed by atoms with Crippen LogP contribution in [0.15, 0.2) is 18.2 Å². The summed E-state index contributed by atoms with van der Waals surface area (Å²) in [6, 6.07) is 5.55. The number of halogens is 2. The molecule has 6 heteroatoms. The van der Waals surface area contributed by atoms with E-state index < -0.39 is 6.10 Å². The molecule has 3 atom stereocenters. The Morgan fingerprint density at radius 1 is 1.43 bits per heavy atom. The van der Waals surface area contributed by atoms with Gasteiger partial charge >= 0.3 is 0 Å². The summed E-state index contributed by atoms with van der Waals surface area (Å²) in [6.45, 7) is 0.748. The molecule has 0 radical (unpaired) electrons. The van der Waals surface area contributed by atoms with Gasteiger partial charge in [-0.3, -0.25) is 0 Å². The van der Waals surface area contributed by atoms with Gasteiger partial charge in [-0.1, -0.05) is 29.6 Å². The van der Waals surface area contributed by atoms with Crippen LogP contribution < -0.4 is 10.1 Å². The highest BCUT2D eigenvalue weighted by Gasteiger charge is 2.26. The minimum atomic E-state index is -0.556. The molecule has 0 aromatic heterocycles. The molecule has 3 unspecified atom stereocenters. The quantitative estimate of drug-likeness (QED) is 0.788. The lowest BCUT2D eigenvalue weighted by Gasteiger charge is -2.21. The summed E-state index contributed by atoms with van der Waals surface area (Å²) in [5.74, 6) is 0.544. The van der Waals surface area contributed by atoms with Gasteiger partial charge < -0.3 is 15.2 Å². The Hall–Kier alpha value is -0.130. The van der Waals surface area contributed by atoms with Gasteiger partial charge in [0.25, 0.3) is 0 Å². The molecule has 3 nitrogen and oxygen atoms in total. The average molecular weight is 350 g/mol. The molecule has 0 bridgehead atoms. The van der Waals surface area contributed by atoms with Gasteiger partial charge in [-0.15, -0.1) is 0 Å². The summed E-state index contributed by atoms with van der Waals surface area (Å²) in [7, 11) is 0. The van der Waals surface area contributed by atoms with E-state index in [1.807, 2.05) is 11.8 Å². The van der Waals surface area contributed by atoms with E-state index in [9.17, 15) is 5.11 Å². The molecule has 0 spiro atoms. The SMILES string of the molecule is CSC1CCCC1NCC(O)COc1ccc(Cl)cc1Cl. The maximum Gasteiger partial charge on any atom is 0.138 e. The van der Waals surface area contributed by atoms with Crippen molar-refractivity contribution in [2.24, 2.45) is 0 Å². The van der Waals surface area contributed by atoms with Gasteiger partial charge in [0.05, 0.1) is 5.02 Å². The predicted octanol–water partition coefficient (Wildman–Crippen LogP) is 3.61. The van der Waals surface area contributed by atoms with Crippen molar-refractivity contribution in [3.63, 3.8) is 0 Å². The molecule has 0 amide bonds. The number of thioether (sulfide) groups is 1. The summed E-state index contributed by atoms with van der Waals surface area (Å²) in [5, 5.41) is 15.1. The first-order valence-corrected chi connectivity index (χ1v) is 9.16. The van der Waals surface area contributed by atoms with Gasteiger partial charge in [-0.05, 0) is 37.3 Å². The number of aliphatic hydroxyl groups is 1. The van der Waals surface area contributed by atoms with Crippen LogP contribution in [0, 0.1) is 0 Å². The lowest BCUT2D eigenvalue weighted by Crippen LogP contribution is -2.40. The van der Waals surface area contributed by atoms with Crippen LogP contribution >= 0.6 is 35.0 Å². The first-order chi connectivity index (χ1) is 10.1. The zero-order valence-corrected chi connectivity index (χ0v) is 14.3. The third kappa shape index (κ3) is 5.22. The summed E-state index contributed by atoms with van der Waals surface area (Å²) in [6.07, 6.45) is 5.29. The molecule has 2 rings (SSSR count). The van der Waals surface area contributed by atoms with Crippen LogP contribution in [0.5, 0.6) is 5.75 Å². The van der Waals surface area contributed by atoms with E-state index in [2.05, 4.69) is 11.6 Å². The first-order valence-electron chi connectivity index (χ1n) is 7.12. The minimum absolute atomic E-state index is 0.213. The zero-order chi connectivity index (χ0) is 15.2. The summed E-state index contributed by atoms with van der Waals surface area (Å²) in [4.78, 5) is 0. The van der Waals surface area contributed by atoms with Crippen LogP contribution in [0.25, 0.3) is 0 Å². The summed E-state index contributed by atoms with van der Waals surface area (Å²) >= 11 is 13.8. The molecular weight excluding hydrogens is 329 g/mol. The highest BCUT2D eigenvalue weighted by Crippen LogP contribution is 2.29. The lowest BCUT2D eigenvalue weighted by molar-refractivity contribution is 0.104. The molecule has 2 N–H and O–H groups in total. The number of hydrogen-bond acceptors (Lipinski definition) is 4. The van der Waals surface area contributed by atoms with Gasteiger partial charge in [0.1, 0.15) is 18.5 Å². The molecular formula is C15H21Cl2NO2S. The second kappa shape index (κ2) is 8.49. The number of rotatable bonds is 7. The van der Waals surface area contributed by atoms with Crippen LogP contribution in [0.3, 0.4) is 0 Å². The molecule has 1 aliphatic carbocycles. The van der Waals surface area contributed by atoms with E-state index in [-0.39, 0.29) is 6.61 Å². The minimum Gasteiger partial charge on any atom is -0.489 e. The van der Waals surface area contributed by atoms with Crippen molar-refractivity contribution >= 4 is 35.0 Å². The number of ether oxygens (including phenoxy) is 1. The third-order valence-corrected chi connectivity index (χ3v) is 5.40. The van der Waals surface area contributed by atoms with Crippen molar-refractivity contribution in [1.29, 1.82) is 0 Å². The van der Waals surface area contributed by atoms with E-state index in [4.69, 9.17) is 27.9 Å². The summed E-state index contributed by atoms with van der Waals surface area (Å²) in [5.41, 5.74) is 0. The number of aliphatic hydroxyl groups excluding tert-OH is 1. The molecule has 1 saturated carbocycles. The fourth-order valence-corrected chi connectivity index (χ4v) is 3.99. The normalized spacial score (nSPS) is 23.2. The Morgan fingerprint density at radius 2 is 2.24 bits per heavy atom. The van der Waals surface area contributed by atoms with Crippen molar-refractivity contribution in [2.75, 3.05) is 19.4 Å². The van der Waals surface area contributed by atoms with Crippen molar-refractivity contribution in [3.05, 3.63) is 28.2 Å². The second-order valence-electron chi connectivity index (χ2n) is 5.26. The number of hydrogen-bond donors (Lipinski definition) is 2. The molecule has 1 aliphatic rings. The fourth-order valence-electron chi connectivity index (χ4n) is 2.57. The third-order valence-electron chi connectivity index (χ3n) is 3.70. The number of benzene rings is 1. The molecule has 0 saturated heterocycles. The fraction of sp³-hybridized carbons (Fsp3) is 0.600. The topological polar surface area (TPSA) is 41.5 Å². The first kappa shape index (κ1) is 17.2. The maximum atomic E-state index is 10.0. The molecule has 1 fully saturated rings. The zero-order valence-electron chi connectivity index (χ0n) is 12.0. The van der Waals surface area contributed by atoms with Gasteiger partial charge in [0.15, 0.2) is 0 Å². The highest BCUT2D eigenvalue weighted by molar-refractivity contribution is 7.99. The molecule has 1 aromatic rings. The Labute approximate surface area is 140 Å². The van der Waals surface area contributed by atoms with Crippen LogP contribution in [-0.2, 0) is 0 Å². The van der Waals surface area contributed by atoms with Gasteiger partial charge in [0.2, 0.25) is 0 Å². The van der Waals surface area contributed by atoms with E-state index in [1.165, 1.54) is 19.3 Å². The lowest BCUT2D eigenvalue weighted by atomic mass is 10.2. The molecule has 118 valence electrons. The maximum absolute atomic E-state index is 10.0. The van der Waals surface area contributed by atoms with Gasteiger partial charge in [-0.25, -0.2) is 0 Å². The highest BCUT2D eigenvalue weighted by atomic mass is 35.5. The van der Waals surface area contributed by atoms with E-state index >= 15 is 0 Å². The van der Waals surface area contributed by atoms with Crippen molar-refractivity contribution in [3.8, 4) is 5.75 Å². The van der Waals surface area contributed by atoms with Crippen molar-refractivity contribution < 1.29 is 9.84 Å². The smallest absolute Gasteiger partial charge is 0.138 e. The predicted molar refractivity (Wildman–Crippen MR) is 90.9 cm³/mol. The van der Waals surface area contributed by atoms with Crippen LogP contribution in [0.1, 0.15) is 19.3 Å². The average Bonchev–Trinajstić information content (AvgIpc) is 2.91. The molecule has 21 heavy (non-hydrogen) atoms. The van der Waals surface area contributed by atoms with Gasteiger partial charge in [-0.2, -0.15) is 11.8 Å². The Bertz CT molecular complexity index is 461. The van der Waals surface area contributed by atoms with Gasteiger partial charge in [0, 0.05) is 22.9 Å². The molecule has 0 heterocycles. The van der Waals surface area contributed by atoms with E-state index in [1.54, 1.807) is 18.2 Å². The summed E-state index contributed by atoms with van der Waals surface area (Å²) < 4.78 is 5.54. The number of nitrogens with one attached hydrogen (secondary N) is 1. The Morgan fingerprint density at radius 3 is 2.95 bits per heavy atom. The van der Waals surface area contributed by atoms with E-state index in [0.717, 1.165) is 0 Å². The van der Waals surface area contributed by atoms with Crippen LogP contribution in [-0.4, -0.2) is 41.9 Å².